The van der Waals surface area contributed by atoms with E-state index in [2.05, 4.69) is 51.9 Å². The molecule has 1 heterocycles. The number of aryl methyl sites for hydroxylation is 1. The predicted molar refractivity (Wildman–Crippen MR) is 82.8 cm³/mol. The summed E-state index contributed by atoms with van der Waals surface area (Å²) in [5, 5.41) is 0.578. The first-order chi connectivity index (χ1) is 8.97. The quantitative estimate of drug-likeness (QED) is 0.742. The summed E-state index contributed by atoms with van der Waals surface area (Å²) in [5.41, 5.74) is 3.19. The van der Waals surface area contributed by atoms with Crippen molar-refractivity contribution in [3.63, 3.8) is 0 Å². The minimum absolute atomic E-state index is 0.342. The van der Waals surface area contributed by atoms with E-state index in [4.69, 9.17) is 11.6 Å². The van der Waals surface area contributed by atoms with Gasteiger partial charge in [-0.15, -0.1) is 0 Å². The second-order valence-corrected chi connectivity index (χ2v) is 6.16. The normalized spacial score (nSPS) is 11.1. The van der Waals surface area contributed by atoms with Crippen molar-refractivity contribution in [1.82, 2.24) is 9.97 Å². The van der Waals surface area contributed by atoms with Gasteiger partial charge in [-0.25, -0.2) is 9.97 Å². The molecule has 0 atom stereocenters. The Morgan fingerprint density at radius 1 is 1.16 bits per heavy atom. The van der Waals surface area contributed by atoms with E-state index in [0.29, 0.717) is 17.5 Å². The highest BCUT2D eigenvalue weighted by Crippen LogP contribution is 2.25. The minimum Gasteiger partial charge on any atom is -0.237 e. The molecule has 1 aromatic heterocycles. The molecule has 100 valence electrons. The van der Waals surface area contributed by atoms with Crippen LogP contribution in [0, 0.1) is 6.92 Å². The van der Waals surface area contributed by atoms with Crippen molar-refractivity contribution in [2.24, 2.45) is 0 Å². The molecule has 0 unspecified atom stereocenters. The van der Waals surface area contributed by atoms with Crippen LogP contribution in [0.1, 0.15) is 42.4 Å². The highest BCUT2D eigenvalue weighted by molar-refractivity contribution is 9.10. The fourth-order valence-corrected chi connectivity index (χ4v) is 2.84. The minimum atomic E-state index is 0.342. The third kappa shape index (κ3) is 3.54. The number of aromatic nitrogens is 2. The van der Waals surface area contributed by atoms with Crippen molar-refractivity contribution in [3.05, 3.63) is 56.5 Å². The van der Waals surface area contributed by atoms with Crippen LogP contribution < -0.4 is 0 Å². The number of rotatable bonds is 3. The number of nitrogens with zero attached hydrogens (tertiary/aromatic N) is 2. The van der Waals surface area contributed by atoms with Gasteiger partial charge in [0.2, 0.25) is 0 Å². The summed E-state index contributed by atoms with van der Waals surface area (Å²) in [6.45, 7) is 6.20. The van der Waals surface area contributed by atoms with E-state index in [1.165, 1.54) is 5.56 Å². The number of hydrogen-bond acceptors (Lipinski definition) is 2. The van der Waals surface area contributed by atoms with Crippen molar-refractivity contribution >= 4 is 27.5 Å². The van der Waals surface area contributed by atoms with E-state index in [0.717, 1.165) is 21.6 Å². The summed E-state index contributed by atoms with van der Waals surface area (Å²) in [6, 6.07) is 8.17. The van der Waals surface area contributed by atoms with Gasteiger partial charge in [-0.2, -0.15) is 0 Å². The first-order valence-corrected chi connectivity index (χ1v) is 7.42. The molecule has 0 spiro atoms. The van der Waals surface area contributed by atoms with E-state index in [1.807, 2.05) is 19.1 Å². The van der Waals surface area contributed by atoms with Gasteiger partial charge in [0.25, 0.3) is 0 Å². The van der Waals surface area contributed by atoms with Gasteiger partial charge in [-0.3, -0.25) is 0 Å². The van der Waals surface area contributed by atoms with Crippen molar-refractivity contribution in [2.75, 3.05) is 0 Å². The molecule has 0 radical (unpaired) electrons. The van der Waals surface area contributed by atoms with Crippen LogP contribution in [0.3, 0.4) is 0 Å². The lowest BCUT2D eigenvalue weighted by Gasteiger charge is -2.12. The van der Waals surface area contributed by atoms with Gasteiger partial charge in [0.1, 0.15) is 11.0 Å². The van der Waals surface area contributed by atoms with Crippen LogP contribution in [-0.4, -0.2) is 9.97 Å². The molecule has 19 heavy (non-hydrogen) atoms. The molecule has 4 heteroatoms. The lowest BCUT2D eigenvalue weighted by Crippen LogP contribution is -2.05. The van der Waals surface area contributed by atoms with Crippen molar-refractivity contribution in [1.29, 1.82) is 0 Å². The monoisotopic (exact) mass is 338 g/mol. The molecule has 0 aliphatic heterocycles. The smallest absolute Gasteiger partial charge is 0.136 e. The summed E-state index contributed by atoms with van der Waals surface area (Å²) < 4.78 is 1.07. The average molecular weight is 340 g/mol. The van der Waals surface area contributed by atoms with Crippen molar-refractivity contribution < 1.29 is 0 Å². The zero-order valence-corrected chi connectivity index (χ0v) is 13.6. The Morgan fingerprint density at radius 3 is 2.32 bits per heavy atom. The zero-order valence-electron chi connectivity index (χ0n) is 11.2. The summed E-state index contributed by atoms with van der Waals surface area (Å²) >= 11 is 9.69. The Balaban J connectivity index is 2.29. The number of halogens is 2. The van der Waals surface area contributed by atoms with Crippen LogP contribution in [-0.2, 0) is 6.42 Å². The Kier molecular flexibility index (Phi) is 4.58. The SMILES string of the molecule is Cc1nc(Cc2ccc(Br)cc2)nc(Cl)c1C(C)C. The highest BCUT2D eigenvalue weighted by atomic mass is 79.9. The molecule has 0 saturated heterocycles. The zero-order chi connectivity index (χ0) is 14.0. The summed E-state index contributed by atoms with van der Waals surface area (Å²) in [4.78, 5) is 8.98. The maximum absolute atomic E-state index is 6.26. The third-order valence-electron chi connectivity index (χ3n) is 2.99. The van der Waals surface area contributed by atoms with Gasteiger partial charge in [-0.05, 0) is 30.5 Å². The molecule has 0 bridgehead atoms. The van der Waals surface area contributed by atoms with Gasteiger partial charge < -0.3 is 0 Å². The van der Waals surface area contributed by atoms with Gasteiger partial charge in [0, 0.05) is 22.2 Å². The van der Waals surface area contributed by atoms with E-state index >= 15 is 0 Å². The molecular weight excluding hydrogens is 324 g/mol. The fourth-order valence-electron chi connectivity index (χ4n) is 2.12. The van der Waals surface area contributed by atoms with Gasteiger partial charge in [0.15, 0.2) is 0 Å². The van der Waals surface area contributed by atoms with Crippen LogP contribution in [0.5, 0.6) is 0 Å². The molecule has 0 saturated carbocycles. The average Bonchev–Trinajstić information content (AvgIpc) is 2.30. The first kappa shape index (κ1) is 14.5. The van der Waals surface area contributed by atoms with Gasteiger partial charge in [-0.1, -0.05) is 53.5 Å². The van der Waals surface area contributed by atoms with Crippen molar-refractivity contribution in [2.45, 2.75) is 33.1 Å². The van der Waals surface area contributed by atoms with Gasteiger partial charge >= 0.3 is 0 Å². The Bertz CT molecular complexity index is 556. The molecule has 2 nitrogen and oxygen atoms in total. The summed E-state index contributed by atoms with van der Waals surface area (Å²) in [7, 11) is 0. The molecule has 1 aromatic carbocycles. The largest absolute Gasteiger partial charge is 0.237 e. The summed E-state index contributed by atoms with van der Waals surface area (Å²) in [6.07, 6.45) is 0.701. The molecule has 0 aliphatic carbocycles. The fraction of sp³-hybridized carbons (Fsp3) is 0.333. The second kappa shape index (κ2) is 6.02. The third-order valence-corrected chi connectivity index (χ3v) is 3.81. The van der Waals surface area contributed by atoms with E-state index in [1.54, 1.807) is 0 Å². The molecule has 0 N–H and O–H groups in total. The maximum atomic E-state index is 6.26. The van der Waals surface area contributed by atoms with Crippen LogP contribution in [0.4, 0.5) is 0 Å². The molecule has 0 amide bonds. The van der Waals surface area contributed by atoms with Crippen LogP contribution in [0.25, 0.3) is 0 Å². The highest BCUT2D eigenvalue weighted by Gasteiger charge is 2.13. The Hall–Kier alpha value is -0.930. The van der Waals surface area contributed by atoms with Crippen LogP contribution >= 0.6 is 27.5 Å². The molecular formula is C15H16BrClN2. The second-order valence-electron chi connectivity index (χ2n) is 4.89. The maximum Gasteiger partial charge on any atom is 0.136 e. The van der Waals surface area contributed by atoms with E-state index in [9.17, 15) is 0 Å². The first-order valence-electron chi connectivity index (χ1n) is 6.24. The topological polar surface area (TPSA) is 25.8 Å². The predicted octanol–water partition coefficient (Wildman–Crippen LogP) is 4.92. The van der Waals surface area contributed by atoms with Crippen molar-refractivity contribution in [3.8, 4) is 0 Å². The van der Waals surface area contributed by atoms with Crippen LogP contribution in [0.15, 0.2) is 28.7 Å². The summed E-state index contributed by atoms with van der Waals surface area (Å²) in [5.74, 6) is 1.11. The number of benzene rings is 1. The molecule has 2 aromatic rings. The molecule has 0 aliphatic rings. The standard InChI is InChI=1S/C15H16BrClN2/c1-9(2)14-10(3)18-13(19-15(14)17)8-11-4-6-12(16)7-5-11/h4-7,9H,8H2,1-3H3. The lowest BCUT2D eigenvalue weighted by molar-refractivity contribution is 0.810. The Morgan fingerprint density at radius 2 is 1.79 bits per heavy atom. The Labute approximate surface area is 127 Å². The molecule has 2 rings (SSSR count). The lowest BCUT2D eigenvalue weighted by atomic mass is 10.0. The molecule has 0 fully saturated rings. The number of hydrogen-bond donors (Lipinski definition) is 0. The van der Waals surface area contributed by atoms with E-state index in [-0.39, 0.29) is 0 Å². The van der Waals surface area contributed by atoms with Crippen LogP contribution in [0.2, 0.25) is 5.15 Å². The van der Waals surface area contributed by atoms with Gasteiger partial charge in [0.05, 0.1) is 0 Å². The van der Waals surface area contributed by atoms with E-state index < -0.39 is 0 Å².